The van der Waals surface area contributed by atoms with Crippen molar-refractivity contribution >= 4 is 64.1 Å². The van der Waals surface area contributed by atoms with Crippen LogP contribution in [0.5, 0.6) is 0 Å². The van der Waals surface area contributed by atoms with Gasteiger partial charge in [-0.05, 0) is 114 Å². The summed E-state index contributed by atoms with van der Waals surface area (Å²) < 4.78 is 2.68. The van der Waals surface area contributed by atoms with Gasteiger partial charge in [0.1, 0.15) is 0 Å². The van der Waals surface area contributed by atoms with Crippen LogP contribution in [0.2, 0.25) is 0 Å². The highest BCUT2D eigenvalue weighted by molar-refractivity contribution is 7.26. The second-order valence-corrected chi connectivity index (χ2v) is 17.2. The van der Waals surface area contributed by atoms with Crippen molar-refractivity contribution in [1.82, 2.24) is 9.97 Å². The molecule has 2 heterocycles. The maximum absolute atomic E-state index is 4.76. The quantitative estimate of drug-likeness (QED) is 0.167. The minimum Gasteiger partial charge on any atom is -0.252 e. The maximum Gasteiger partial charge on any atom is 0.0971 e. The van der Waals surface area contributed by atoms with Gasteiger partial charge in [-0.1, -0.05) is 147 Å². The molecule has 2 nitrogen and oxygen atoms in total. The van der Waals surface area contributed by atoms with Crippen molar-refractivity contribution in [3.8, 4) is 55.6 Å². The number of rotatable bonds is 4. The van der Waals surface area contributed by atoms with Crippen LogP contribution in [0.3, 0.4) is 0 Å². The van der Waals surface area contributed by atoms with Gasteiger partial charge in [-0.2, -0.15) is 0 Å². The summed E-state index contributed by atoms with van der Waals surface area (Å²) in [5.74, 6) is 0. The maximum atomic E-state index is 4.76. The molecule has 11 aromatic rings. The highest BCUT2D eigenvalue weighted by Gasteiger charge is 2.36. The van der Waals surface area contributed by atoms with Crippen molar-refractivity contribution in [2.75, 3.05) is 0 Å². The molecule has 0 unspecified atom stereocenters. The van der Waals surface area contributed by atoms with Crippen molar-refractivity contribution < 1.29 is 0 Å². The van der Waals surface area contributed by atoms with E-state index >= 15 is 0 Å². The van der Waals surface area contributed by atoms with E-state index in [4.69, 9.17) is 9.97 Å². The summed E-state index contributed by atoms with van der Waals surface area (Å²) in [4.78, 5) is 9.48. The number of aromatic nitrogens is 2. The lowest BCUT2D eigenvalue weighted by Gasteiger charge is -2.23. The molecule has 0 atom stereocenters. The topological polar surface area (TPSA) is 25.8 Å². The summed E-state index contributed by atoms with van der Waals surface area (Å²) >= 11 is 1.89. The average molecular weight is 757 g/mol. The molecule has 0 spiro atoms. The van der Waals surface area contributed by atoms with Crippen LogP contribution < -0.4 is 0 Å². The van der Waals surface area contributed by atoms with Crippen LogP contribution in [0.25, 0.3) is 108 Å². The van der Waals surface area contributed by atoms with Crippen LogP contribution in [0.15, 0.2) is 182 Å². The predicted molar refractivity (Wildman–Crippen MR) is 247 cm³/mol. The summed E-state index contributed by atoms with van der Waals surface area (Å²) in [5, 5.41) is 7.32. The van der Waals surface area contributed by atoms with E-state index in [-0.39, 0.29) is 5.41 Å². The zero-order valence-electron chi connectivity index (χ0n) is 32.1. The Hall–Kier alpha value is -6.94. The van der Waals surface area contributed by atoms with Crippen LogP contribution in [0.1, 0.15) is 25.0 Å². The van der Waals surface area contributed by atoms with Gasteiger partial charge < -0.3 is 0 Å². The molecule has 0 bridgehead atoms. The van der Waals surface area contributed by atoms with Crippen molar-refractivity contribution in [2.45, 2.75) is 19.3 Å². The van der Waals surface area contributed by atoms with E-state index in [9.17, 15) is 0 Å². The first-order chi connectivity index (χ1) is 28.5. The standard InChI is InChI=1S/C55H36N2S/c1-55(2)49-31-37(34-11-7-10-33(28-34)36-22-25-46-48(30-36)41-14-3-4-16-45(41)52-53(46)57-27-26-56-52)20-23-42(49)43-24-21-38(32-50(43)55)35-12-8-13-39(29-35)40-17-9-18-47-44-15-5-6-19-51(44)58-54(40)47/h3-32H,1-2H3. The number of nitrogens with zero attached hydrogens (tertiary/aromatic N) is 2. The van der Waals surface area contributed by atoms with Crippen LogP contribution >= 0.6 is 11.3 Å². The normalized spacial score (nSPS) is 13.1. The van der Waals surface area contributed by atoms with Gasteiger partial charge in [-0.15, -0.1) is 11.3 Å². The fourth-order valence-corrected chi connectivity index (χ4v) is 10.9. The van der Waals surface area contributed by atoms with Gasteiger partial charge in [-0.25, -0.2) is 0 Å². The first kappa shape index (κ1) is 33.2. The van der Waals surface area contributed by atoms with Gasteiger partial charge >= 0.3 is 0 Å². The third kappa shape index (κ3) is 4.97. The van der Waals surface area contributed by atoms with E-state index in [1.54, 1.807) is 12.4 Å². The molecule has 0 N–H and O–H groups in total. The Balaban J connectivity index is 0.895. The minimum absolute atomic E-state index is 0.153. The fourth-order valence-electron chi connectivity index (χ4n) is 9.63. The summed E-state index contributed by atoms with van der Waals surface area (Å²) in [6.07, 6.45) is 3.57. The average Bonchev–Trinajstić information content (AvgIpc) is 3.78. The zero-order valence-corrected chi connectivity index (χ0v) is 32.9. The molecular weight excluding hydrogens is 721 g/mol. The summed E-state index contributed by atoms with van der Waals surface area (Å²) in [7, 11) is 0. The van der Waals surface area contributed by atoms with E-state index in [0.717, 1.165) is 21.8 Å². The SMILES string of the molecule is CC1(C)c2cc(-c3cccc(-c4ccc5c(c4)c4ccccc4c4nccnc54)c3)ccc2-c2ccc(-c3cccc(-c4cccc5c4sc4ccccc45)c3)cc21. The molecule has 3 heteroatoms. The van der Waals surface area contributed by atoms with Gasteiger partial charge in [0.25, 0.3) is 0 Å². The number of hydrogen-bond acceptors (Lipinski definition) is 3. The third-order valence-electron chi connectivity index (χ3n) is 12.6. The molecule has 0 radical (unpaired) electrons. The molecule has 1 aliphatic carbocycles. The van der Waals surface area contributed by atoms with Crippen LogP contribution in [-0.2, 0) is 5.41 Å². The second kappa shape index (κ2) is 12.5. The van der Waals surface area contributed by atoms with Crippen LogP contribution in [0.4, 0.5) is 0 Å². The van der Waals surface area contributed by atoms with Gasteiger partial charge in [0.2, 0.25) is 0 Å². The molecule has 12 rings (SSSR count). The van der Waals surface area contributed by atoms with E-state index < -0.39 is 0 Å². The molecule has 0 fully saturated rings. The van der Waals surface area contributed by atoms with E-state index in [2.05, 4.69) is 184 Å². The molecule has 2 aromatic heterocycles. The monoisotopic (exact) mass is 756 g/mol. The smallest absolute Gasteiger partial charge is 0.0971 e. The summed E-state index contributed by atoms with van der Waals surface area (Å²) in [6, 6.07) is 63.0. The molecule has 0 aliphatic heterocycles. The molecule has 272 valence electrons. The Labute approximate surface area is 340 Å². The number of benzene rings is 9. The van der Waals surface area contributed by atoms with Crippen molar-refractivity contribution in [3.05, 3.63) is 193 Å². The summed E-state index contributed by atoms with van der Waals surface area (Å²) in [6.45, 7) is 4.77. The molecule has 0 amide bonds. The number of thiophene rings is 1. The van der Waals surface area contributed by atoms with Crippen LogP contribution in [0, 0.1) is 0 Å². The fraction of sp³-hybridized carbons (Fsp3) is 0.0545. The van der Waals surface area contributed by atoms with Gasteiger partial charge in [-0.3, -0.25) is 9.97 Å². The summed E-state index contributed by atoms with van der Waals surface area (Å²) in [5.41, 5.74) is 17.0. The molecule has 58 heavy (non-hydrogen) atoms. The molecule has 0 saturated heterocycles. The Morgan fingerprint density at radius 1 is 0.362 bits per heavy atom. The van der Waals surface area contributed by atoms with E-state index in [0.29, 0.717) is 0 Å². The van der Waals surface area contributed by atoms with Crippen molar-refractivity contribution in [3.63, 3.8) is 0 Å². The van der Waals surface area contributed by atoms with Crippen molar-refractivity contribution in [2.24, 2.45) is 0 Å². The molecular formula is C55H36N2S. The first-order valence-corrected chi connectivity index (χ1v) is 20.8. The molecule has 9 aromatic carbocycles. The van der Waals surface area contributed by atoms with Crippen molar-refractivity contribution in [1.29, 1.82) is 0 Å². The van der Waals surface area contributed by atoms with Gasteiger partial charge in [0.15, 0.2) is 0 Å². The Bertz CT molecular complexity index is 3460. The largest absolute Gasteiger partial charge is 0.252 e. The lowest BCUT2D eigenvalue weighted by atomic mass is 9.80. The zero-order chi connectivity index (χ0) is 38.5. The lowest BCUT2D eigenvalue weighted by Crippen LogP contribution is -2.15. The van der Waals surface area contributed by atoms with E-state index in [1.165, 1.54) is 97.7 Å². The Morgan fingerprint density at radius 3 is 1.55 bits per heavy atom. The number of fused-ring (bicyclic) bond motifs is 12. The minimum atomic E-state index is -0.153. The molecule has 1 aliphatic rings. The number of hydrogen-bond donors (Lipinski definition) is 0. The Morgan fingerprint density at radius 2 is 0.862 bits per heavy atom. The first-order valence-electron chi connectivity index (χ1n) is 20.0. The highest BCUT2D eigenvalue weighted by Crippen LogP contribution is 2.51. The predicted octanol–water partition coefficient (Wildman–Crippen LogP) is 15.3. The van der Waals surface area contributed by atoms with Crippen LogP contribution in [-0.4, -0.2) is 9.97 Å². The van der Waals surface area contributed by atoms with Gasteiger partial charge in [0.05, 0.1) is 11.0 Å². The second-order valence-electron chi connectivity index (χ2n) is 16.1. The highest BCUT2D eigenvalue weighted by atomic mass is 32.1. The van der Waals surface area contributed by atoms with Gasteiger partial charge in [0, 0.05) is 48.8 Å². The van der Waals surface area contributed by atoms with E-state index in [1.807, 2.05) is 11.3 Å². The molecule has 0 saturated carbocycles. The third-order valence-corrected chi connectivity index (χ3v) is 13.8. The Kier molecular flexibility index (Phi) is 7.18. The lowest BCUT2D eigenvalue weighted by molar-refractivity contribution is 0.661.